The monoisotopic (exact) mass is 367 g/mol. The number of hydrogen-bond donors (Lipinski definition) is 2. The Morgan fingerprint density at radius 2 is 1.63 bits per heavy atom. The van der Waals surface area contributed by atoms with Crippen LogP contribution in [0.15, 0.2) is 42.6 Å². The maximum Gasteiger partial charge on any atom is 0.251 e. The second-order valence-corrected chi connectivity index (χ2v) is 8.23. The highest BCUT2D eigenvalue weighted by Crippen LogP contribution is 2.22. The molecule has 2 N–H and O–H groups in total. The van der Waals surface area contributed by atoms with Gasteiger partial charge in [-0.1, -0.05) is 52.8 Å². The molecule has 0 unspecified atom stereocenters. The van der Waals surface area contributed by atoms with Gasteiger partial charge in [0.15, 0.2) is 0 Å². The van der Waals surface area contributed by atoms with Crippen LogP contribution in [-0.4, -0.2) is 22.8 Å². The highest BCUT2D eigenvalue weighted by Gasteiger charge is 2.25. The van der Waals surface area contributed by atoms with Crippen molar-refractivity contribution < 1.29 is 9.59 Å². The number of pyridine rings is 1. The molecule has 0 aliphatic rings. The zero-order chi connectivity index (χ0) is 20.2. The van der Waals surface area contributed by atoms with Gasteiger partial charge in [-0.15, -0.1) is 0 Å². The molecule has 2 aromatic rings. The van der Waals surface area contributed by atoms with Crippen LogP contribution < -0.4 is 10.6 Å². The Morgan fingerprint density at radius 3 is 2.11 bits per heavy atom. The first-order valence-electron chi connectivity index (χ1n) is 9.23. The van der Waals surface area contributed by atoms with E-state index < -0.39 is 6.04 Å². The van der Waals surface area contributed by atoms with Crippen molar-refractivity contribution in [3.8, 4) is 0 Å². The number of amides is 2. The zero-order valence-electron chi connectivity index (χ0n) is 17.0. The normalized spacial score (nSPS) is 12.6. The summed E-state index contributed by atoms with van der Waals surface area (Å²) in [5.74, 6) is -0.129. The SMILES string of the molecule is Cc1ccc(NC(=O)[C@H](NC(=O)c2ccc(C(C)(C)C)cc2)C(C)C)nc1. The van der Waals surface area contributed by atoms with Crippen molar-refractivity contribution in [2.24, 2.45) is 5.92 Å². The van der Waals surface area contributed by atoms with Crippen molar-refractivity contribution in [3.63, 3.8) is 0 Å². The molecule has 1 aromatic carbocycles. The number of carbonyl (C=O) groups excluding carboxylic acids is 2. The summed E-state index contributed by atoms with van der Waals surface area (Å²) in [6, 6.07) is 10.5. The van der Waals surface area contributed by atoms with E-state index in [1.807, 2.05) is 39.0 Å². The van der Waals surface area contributed by atoms with Crippen molar-refractivity contribution in [2.45, 2.75) is 53.0 Å². The molecule has 0 aliphatic heterocycles. The lowest BCUT2D eigenvalue weighted by atomic mass is 9.86. The van der Waals surface area contributed by atoms with Crippen LogP contribution in [0, 0.1) is 12.8 Å². The van der Waals surface area contributed by atoms with E-state index in [0.717, 1.165) is 11.1 Å². The van der Waals surface area contributed by atoms with Crippen molar-refractivity contribution >= 4 is 17.6 Å². The first-order chi connectivity index (χ1) is 12.6. The second-order valence-electron chi connectivity index (χ2n) is 8.23. The highest BCUT2D eigenvalue weighted by atomic mass is 16.2. The number of carbonyl (C=O) groups is 2. The smallest absolute Gasteiger partial charge is 0.251 e. The quantitative estimate of drug-likeness (QED) is 0.836. The molecule has 1 atom stereocenters. The molecule has 0 saturated carbocycles. The predicted octanol–water partition coefficient (Wildman–Crippen LogP) is 4.08. The Hall–Kier alpha value is -2.69. The highest BCUT2D eigenvalue weighted by molar-refractivity contribution is 6.01. The molecule has 1 heterocycles. The summed E-state index contributed by atoms with van der Waals surface area (Å²) in [5, 5.41) is 5.62. The van der Waals surface area contributed by atoms with Crippen molar-refractivity contribution in [2.75, 3.05) is 5.32 Å². The molecule has 2 rings (SSSR count). The van der Waals surface area contributed by atoms with E-state index in [4.69, 9.17) is 0 Å². The Bertz CT molecular complexity index is 788. The summed E-state index contributed by atoms with van der Waals surface area (Å²) in [6.07, 6.45) is 1.69. The lowest BCUT2D eigenvalue weighted by Crippen LogP contribution is -2.47. The molecule has 0 bridgehead atoms. The molecule has 1 aromatic heterocycles. The third-order valence-corrected chi connectivity index (χ3v) is 4.41. The molecule has 0 radical (unpaired) electrons. The van der Waals surface area contributed by atoms with Gasteiger partial charge in [0.05, 0.1) is 0 Å². The first kappa shape index (κ1) is 20.6. The molecule has 5 nitrogen and oxygen atoms in total. The Morgan fingerprint density at radius 1 is 1.00 bits per heavy atom. The third-order valence-electron chi connectivity index (χ3n) is 4.41. The van der Waals surface area contributed by atoms with Gasteiger partial charge in [0.25, 0.3) is 5.91 Å². The second kappa shape index (κ2) is 8.33. The molecule has 0 spiro atoms. The number of aromatic nitrogens is 1. The van der Waals surface area contributed by atoms with Crippen LogP contribution in [0.2, 0.25) is 0 Å². The van der Waals surface area contributed by atoms with E-state index in [1.54, 1.807) is 24.4 Å². The summed E-state index contributed by atoms with van der Waals surface area (Å²) in [4.78, 5) is 29.4. The summed E-state index contributed by atoms with van der Waals surface area (Å²) in [5.41, 5.74) is 2.73. The summed E-state index contributed by atoms with van der Waals surface area (Å²) >= 11 is 0. The fourth-order valence-corrected chi connectivity index (χ4v) is 2.63. The van der Waals surface area contributed by atoms with Gasteiger partial charge in [0.1, 0.15) is 11.9 Å². The molecule has 27 heavy (non-hydrogen) atoms. The molecular weight excluding hydrogens is 338 g/mol. The first-order valence-corrected chi connectivity index (χ1v) is 9.23. The van der Waals surface area contributed by atoms with Crippen LogP contribution in [0.1, 0.15) is 56.1 Å². The van der Waals surface area contributed by atoms with Gasteiger partial charge >= 0.3 is 0 Å². The van der Waals surface area contributed by atoms with E-state index in [9.17, 15) is 9.59 Å². The number of nitrogens with zero attached hydrogens (tertiary/aromatic N) is 1. The van der Waals surface area contributed by atoms with Crippen LogP contribution in [0.5, 0.6) is 0 Å². The van der Waals surface area contributed by atoms with Gasteiger partial charge in [-0.3, -0.25) is 9.59 Å². The predicted molar refractivity (Wildman–Crippen MR) is 109 cm³/mol. The maximum absolute atomic E-state index is 12.6. The Labute approximate surface area is 161 Å². The van der Waals surface area contributed by atoms with Gasteiger partial charge in [-0.25, -0.2) is 4.98 Å². The van der Waals surface area contributed by atoms with Gasteiger partial charge < -0.3 is 10.6 Å². The molecule has 144 valence electrons. The van der Waals surface area contributed by atoms with E-state index >= 15 is 0 Å². The van der Waals surface area contributed by atoms with Crippen LogP contribution in [0.25, 0.3) is 0 Å². The lowest BCUT2D eigenvalue weighted by Gasteiger charge is -2.22. The molecule has 2 amide bonds. The fraction of sp³-hybridized carbons (Fsp3) is 0.409. The maximum atomic E-state index is 12.6. The minimum atomic E-state index is -0.650. The average Bonchev–Trinajstić information content (AvgIpc) is 2.60. The van der Waals surface area contributed by atoms with E-state index in [-0.39, 0.29) is 23.1 Å². The van der Waals surface area contributed by atoms with Gasteiger partial charge in [-0.05, 0) is 47.6 Å². The summed E-state index contributed by atoms with van der Waals surface area (Å²) in [6.45, 7) is 12.1. The number of nitrogens with one attached hydrogen (secondary N) is 2. The van der Waals surface area contributed by atoms with Crippen LogP contribution in [0.3, 0.4) is 0 Å². The largest absolute Gasteiger partial charge is 0.340 e. The van der Waals surface area contributed by atoms with Gasteiger partial charge in [0, 0.05) is 11.8 Å². The standard InChI is InChI=1S/C22H29N3O2/c1-14(2)19(21(27)24-18-12-7-15(3)13-23-18)25-20(26)16-8-10-17(11-9-16)22(4,5)6/h7-14,19H,1-6H3,(H,25,26)(H,23,24,27)/t19-/m1/s1. The molecule has 5 heteroatoms. The van der Waals surface area contributed by atoms with Gasteiger partial charge in [0.2, 0.25) is 5.91 Å². The number of aryl methyl sites for hydroxylation is 1. The van der Waals surface area contributed by atoms with Crippen LogP contribution in [-0.2, 0) is 10.2 Å². The minimum absolute atomic E-state index is 0.0242. The topological polar surface area (TPSA) is 71.1 Å². The molecule has 0 saturated heterocycles. The minimum Gasteiger partial charge on any atom is -0.340 e. The molecular formula is C22H29N3O2. The van der Waals surface area contributed by atoms with E-state index in [0.29, 0.717) is 11.4 Å². The number of rotatable bonds is 5. The van der Waals surface area contributed by atoms with E-state index in [2.05, 4.69) is 36.4 Å². The number of hydrogen-bond acceptors (Lipinski definition) is 3. The average molecular weight is 367 g/mol. The summed E-state index contributed by atoms with van der Waals surface area (Å²) in [7, 11) is 0. The molecule has 0 aliphatic carbocycles. The lowest BCUT2D eigenvalue weighted by molar-refractivity contribution is -0.118. The number of anilines is 1. The van der Waals surface area contributed by atoms with Crippen LogP contribution in [0.4, 0.5) is 5.82 Å². The summed E-state index contributed by atoms with van der Waals surface area (Å²) < 4.78 is 0. The molecule has 0 fully saturated rings. The zero-order valence-corrected chi connectivity index (χ0v) is 17.0. The third kappa shape index (κ3) is 5.64. The van der Waals surface area contributed by atoms with Crippen molar-refractivity contribution in [1.82, 2.24) is 10.3 Å². The fourth-order valence-electron chi connectivity index (χ4n) is 2.63. The van der Waals surface area contributed by atoms with Crippen LogP contribution >= 0.6 is 0 Å². The van der Waals surface area contributed by atoms with Gasteiger partial charge in [-0.2, -0.15) is 0 Å². The van der Waals surface area contributed by atoms with Crippen molar-refractivity contribution in [1.29, 1.82) is 0 Å². The number of benzene rings is 1. The Balaban J connectivity index is 2.09. The van der Waals surface area contributed by atoms with Crippen molar-refractivity contribution in [3.05, 3.63) is 59.3 Å². The van der Waals surface area contributed by atoms with E-state index in [1.165, 1.54) is 0 Å². The Kier molecular flexibility index (Phi) is 6.37.